The summed E-state index contributed by atoms with van der Waals surface area (Å²) in [4.78, 5) is 10.3. The monoisotopic (exact) mass is 338 g/mol. The highest BCUT2D eigenvalue weighted by Gasteiger charge is 1.94. The second-order valence-corrected chi connectivity index (χ2v) is 6.46. The van der Waals surface area contributed by atoms with Gasteiger partial charge in [-0.1, -0.05) is 77.6 Å². The average Bonchev–Trinajstić information content (AvgIpc) is 2.56. The molecule has 0 aromatic carbocycles. The van der Waals surface area contributed by atoms with Gasteiger partial charge in [0.2, 0.25) is 0 Å². The Bertz CT molecular complexity index is 330. The van der Waals surface area contributed by atoms with E-state index in [1.165, 1.54) is 76.7 Å². The Labute approximate surface area is 149 Å². The van der Waals surface area contributed by atoms with Crippen molar-refractivity contribution in [1.29, 1.82) is 0 Å². The van der Waals surface area contributed by atoms with Crippen molar-refractivity contribution in [3.05, 3.63) is 17.9 Å². The lowest BCUT2D eigenvalue weighted by atomic mass is 10.1. The third-order valence-corrected chi connectivity index (χ3v) is 4.06. The van der Waals surface area contributed by atoms with E-state index in [0.29, 0.717) is 6.61 Å². The summed E-state index contributed by atoms with van der Waals surface area (Å²) in [7, 11) is 0. The van der Waals surface area contributed by atoms with Gasteiger partial charge in [-0.05, 0) is 25.0 Å². The number of unbranched alkanes of at least 4 members (excludes halogenated alkanes) is 11. The van der Waals surface area contributed by atoms with E-state index < -0.39 is 5.97 Å². The van der Waals surface area contributed by atoms with Crippen molar-refractivity contribution in [3.63, 3.8) is 0 Å². The van der Waals surface area contributed by atoms with Crippen LogP contribution in [0.15, 0.2) is 17.9 Å². The Kier molecular flexibility index (Phi) is 19.1. The van der Waals surface area contributed by atoms with Gasteiger partial charge >= 0.3 is 5.97 Å². The third kappa shape index (κ3) is 20.9. The van der Waals surface area contributed by atoms with Crippen molar-refractivity contribution >= 4 is 5.97 Å². The maximum Gasteiger partial charge on any atom is 0.307 e. The number of aliphatic carboxylic acids is 1. The first-order valence-corrected chi connectivity index (χ1v) is 9.96. The summed E-state index contributed by atoms with van der Waals surface area (Å²) in [5, 5.41) is 8.45. The zero-order valence-corrected chi connectivity index (χ0v) is 15.7. The Hall–Kier alpha value is -1.05. The second kappa shape index (κ2) is 20.0. The summed E-state index contributed by atoms with van der Waals surface area (Å²) in [6.07, 6.45) is 20.6. The van der Waals surface area contributed by atoms with E-state index in [4.69, 9.17) is 9.84 Å². The molecule has 0 saturated carbocycles. The fourth-order valence-electron chi connectivity index (χ4n) is 2.60. The van der Waals surface area contributed by atoms with Gasteiger partial charge in [0.15, 0.2) is 0 Å². The minimum absolute atomic E-state index is 0.0379. The molecule has 0 radical (unpaired) electrons. The highest BCUT2D eigenvalue weighted by Crippen LogP contribution is 2.11. The van der Waals surface area contributed by atoms with Crippen molar-refractivity contribution in [2.75, 3.05) is 13.2 Å². The lowest BCUT2D eigenvalue weighted by Gasteiger charge is -2.03. The molecule has 24 heavy (non-hydrogen) atoms. The molecule has 0 aliphatic carbocycles. The molecule has 0 fully saturated rings. The van der Waals surface area contributed by atoms with Gasteiger partial charge in [-0.25, -0.2) is 0 Å². The Balaban J connectivity index is 3.10. The van der Waals surface area contributed by atoms with E-state index in [-0.39, 0.29) is 6.42 Å². The van der Waals surface area contributed by atoms with Crippen molar-refractivity contribution < 1.29 is 14.6 Å². The normalized spacial score (nSPS) is 10.4. The lowest BCUT2D eigenvalue weighted by molar-refractivity contribution is -0.135. The molecule has 0 aliphatic rings. The average molecular weight is 339 g/mol. The molecule has 0 bridgehead atoms. The fourth-order valence-corrected chi connectivity index (χ4v) is 2.60. The molecule has 0 atom stereocenters. The molecule has 0 spiro atoms. The number of rotatable bonds is 18. The van der Waals surface area contributed by atoms with Gasteiger partial charge in [0.1, 0.15) is 0 Å². The molecule has 0 aromatic rings. The van der Waals surface area contributed by atoms with Gasteiger partial charge in [0.05, 0.1) is 13.0 Å². The van der Waals surface area contributed by atoms with Gasteiger partial charge in [-0.15, -0.1) is 5.73 Å². The van der Waals surface area contributed by atoms with E-state index in [2.05, 4.69) is 12.7 Å². The van der Waals surface area contributed by atoms with Crippen LogP contribution in [0, 0.1) is 0 Å². The summed E-state index contributed by atoms with van der Waals surface area (Å²) in [6.45, 7) is 3.81. The van der Waals surface area contributed by atoms with Gasteiger partial charge < -0.3 is 9.84 Å². The van der Waals surface area contributed by atoms with E-state index >= 15 is 0 Å². The van der Waals surface area contributed by atoms with Crippen molar-refractivity contribution in [2.45, 2.75) is 96.8 Å². The molecule has 3 heteroatoms. The van der Waals surface area contributed by atoms with Gasteiger partial charge in [0.25, 0.3) is 0 Å². The highest BCUT2D eigenvalue weighted by atomic mass is 16.5. The van der Waals surface area contributed by atoms with Crippen molar-refractivity contribution in [1.82, 2.24) is 0 Å². The van der Waals surface area contributed by atoms with Crippen molar-refractivity contribution in [2.24, 2.45) is 0 Å². The van der Waals surface area contributed by atoms with Crippen LogP contribution in [-0.2, 0) is 9.53 Å². The predicted octanol–water partition coefficient (Wildman–Crippen LogP) is 6.28. The Morgan fingerprint density at radius 1 is 0.833 bits per heavy atom. The van der Waals surface area contributed by atoms with E-state index in [1.807, 2.05) is 6.08 Å². The topological polar surface area (TPSA) is 46.5 Å². The molecule has 3 nitrogen and oxygen atoms in total. The molecule has 0 heterocycles. The smallest absolute Gasteiger partial charge is 0.307 e. The molecule has 0 amide bonds. The largest absolute Gasteiger partial charge is 0.481 e. The summed E-state index contributed by atoms with van der Waals surface area (Å²) in [5.74, 6) is -0.820. The van der Waals surface area contributed by atoms with Crippen molar-refractivity contribution in [3.8, 4) is 0 Å². The second-order valence-electron chi connectivity index (χ2n) is 6.46. The van der Waals surface area contributed by atoms with Crippen LogP contribution in [-0.4, -0.2) is 24.3 Å². The number of ether oxygens (including phenoxy) is 1. The summed E-state index contributed by atoms with van der Waals surface area (Å²) in [5.41, 5.74) is 2.86. The maximum atomic E-state index is 10.3. The molecular weight excluding hydrogens is 300 g/mol. The highest BCUT2D eigenvalue weighted by molar-refractivity contribution is 5.68. The lowest BCUT2D eigenvalue weighted by Crippen LogP contribution is -1.95. The molecule has 0 aromatic heterocycles. The van der Waals surface area contributed by atoms with E-state index in [9.17, 15) is 4.79 Å². The Morgan fingerprint density at radius 3 is 1.92 bits per heavy atom. The van der Waals surface area contributed by atoms with E-state index in [0.717, 1.165) is 19.4 Å². The van der Waals surface area contributed by atoms with E-state index in [1.54, 1.807) is 0 Å². The van der Waals surface area contributed by atoms with Crippen LogP contribution in [0.3, 0.4) is 0 Å². The summed E-state index contributed by atoms with van der Waals surface area (Å²) >= 11 is 0. The van der Waals surface area contributed by atoms with Gasteiger partial charge in [-0.3, -0.25) is 4.79 Å². The molecule has 0 saturated heterocycles. The van der Waals surface area contributed by atoms with Gasteiger partial charge in [0, 0.05) is 6.61 Å². The quantitative estimate of drug-likeness (QED) is 0.236. The molecule has 1 N–H and O–H groups in total. The Morgan fingerprint density at radius 2 is 1.38 bits per heavy atom. The first kappa shape index (κ1) is 22.9. The van der Waals surface area contributed by atoms with Crippen LogP contribution in [0.1, 0.15) is 96.8 Å². The predicted molar refractivity (Wildman–Crippen MR) is 101 cm³/mol. The minimum atomic E-state index is -0.820. The zero-order chi connectivity index (χ0) is 17.7. The zero-order valence-electron chi connectivity index (χ0n) is 15.7. The summed E-state index contributed by atoms with van der Waals surface area (Å²) in [6, 6.07) is 0. The molecule has 0 rings (SSSR count). The standard InChI is InChI=1S/C21H38O3/c1-2-3-4-5-6-7-8-9-10-11-13-16-19-24-20-17-14-12-15-18-21(22)23/h14-15H,2-11,13,16-20H2,1H3,(H,22,23). The fraction of sp³-hybridized carbons (Fsp3) is 0.810. The molecule has 140 valence electrons. The van der Waals surface area contributed by atoms with Crippen LogP contribution in [0.4, 0.5) is 0 Å². The van der Waals surface area contributed by atoms with Crippen LogP contribution >= 0.6 is 0 Å². The molecular formula is C21H38O3. The minimum Gasteiger partial charge on any atom is -0.481 e. The van der Waals surface area contributed by atoms with Crippen LogP contribution in [0.25, 0.3) is 0 Å². The van der Waals surface area contributed by atoms with Crippen LogP contribution in [0.5, 0.6) is 0 Å². The molecule has 0 aliphatic heterocycles. The summed E-state index contributed by atoms with van der Waals surface area (Å²) < 4.78 is 5.55. The number of hydrogen-bond acceptors (Lipinski definition) is 2. The first-order chi connectivity index (χ1) is 11.8. The SMILES string of the molecule is CCCCCCCCCCCCCCOCCC=C=CCC(=O)O. The number of carboxylic acids is 1. The number of carbonyl (C=O) groups is 1. The first-order valence-electron chi connectivity index (χ1n) is 9.96. The van der Waals surface area contributed by atoms with Crippen LogP contribution < -0.4 is 0 Å². The van der Waals surface area contributed by atoms with Crippen LogP contribution in [0.2, 0.25) is 0 Å². The third-order valence-electron chi connectivity index (χ3n) is 4.06. The van der Waals surface area contributed by atoms with Gasteiger partial charge in [-0.2, -0.15) is 0 Å². The molecule has 0 unspecified atom stereocenters. The number of carboxylic acid groups (broad SMARTS) is 1. The number of hydrogen-bond donors (Lipinski definition) is 1. The maximum absolute atomic E-state index is 10.3.